The van der Waals surface area contributed by atoms with Gasteiger partial charge in [0.15, 0.2) is 5.17 Å². The molecule has 5 heteroatoms. The van der Waals surface area contributed by atoms with Crippen LogP contribution in [0, 0.1) is 5.41 Å². The third-order valence-electron chi connectivity index (χ3n) is 3.77. The van der Waals surface area contributed by atoms with Crippen molar-refractivity contribution in [3.05, 3.63) is 0 Å². The first-order chi connectivity index (χ1) is 8.95. The van der Waals surface area contributed by atoms with E-state index in [1.165, 1.54) is 12.2 Å². The van der Waals surface area contributed by atoms with E-state index in [2.05, 4.69) is 38.0 Å². The van der Waals surface area contributed by atoms with Crippen molar-refractivity contribution in [2.24, 2.45) is 10.4 Å². The lowest BCUT2D eigenvalue weighted by Gasteiger charge is -2.36. The molecule has 2 heterocycles. The molecule has 2 rings (SSSR count). The van der Waals surface area contributed by atoms with Crippen molar-refractivity contribution in [2.45, 2.75) is 39.3 Å². The molecule has 0 aromatic rings. The van der Waals surface area contributed by atoms with E-state index in [9.17, 15) is 0 Å². The van der Waals surface area contributed by atoms with E-state index in [0.29, 0.717) is 11.5 Å². The first-order valence-corrected chi connectivity index (χ1v) is 8.17. The summed E-state index contributed by atoms with van der Waals surface area (Å²) < 4.78 is 5.75. The van der Waals surface area contributed by atoms with Gasteiger partial charge in [0.1, 0.15) is 0 Å². The van der Waals surface area contributed by atoms with E-state index >= 15 is 0 Å². The van der Waals surface area contributed by atoms with Crippen molar-refractivity contribution in [2.75, 3.05) is 39.0 Å². The van der Waals surface area contributed by atoms with Gasteiger partial charge >= 0.3 is 0 Å². The summed E-state index contributed by atoms with van der Waals surface area (Å²) in [5.74, 6) is 1.17. The van der Waals surface area contributed by atoms with E-state index in [-0.39, 0.29) is 6.10 Å². The zero-order chi connectivity index (χ0) is 13.9. The average Bonchev–Trinajstić information content (AvgIpc) is 2.36. The zero-order valence-electron chi connectivity index (χ0n) is 12.6. The number of morpholine rings is 1. The minimum absolute atomic E-state index is 0.253. The molecule has 0 aliphatic carbocycles. The van der Waals surface area contributed by atoms with E-state index < -0.39 is 0 Å². The van der Waals surface area contributed by atoms with Crippen LogP contribution in [0.15, 0.2) is 4.99 Å². The molecular formula is C14H27N3OS. The van der Waals surface area contributed by atoms with Crippen LogP contribution in [0.1, 0.15) is 27.2 Å². The van der Waals surface area contributed by atoms with Gasteiger partial charge in [0.05, 0.1) is 19.3 Å². The van der Waals surface area contributed by atoms with Gasteiger partial charge in [0.2, 0.25) is 0 Å². The molecule has 2 aliphatic heterocycles. The maximum atomic E-state index is 5.75. The summed E-state index contributed by atoms with van der Waals surface area (Å²) in [4.78, 5) is 7.04. The molecule has 0 spiro atoms. The number of ether oxygens (including phenoxy) is 1. The number of likely N-dealkylation sites (N-methyl/N-ethyl adjacent to an activating group) is 1. The Morgan fingerprint density at radius 2 is 2.26 bits per heavy atom. The molecule has 0 bridgehead atoms. The monoisotopic (exact) mass is 285 g/mol. The van der Waals surface area contributed by atoms with Crippen LogP contribution in [0.2, 0.25) is 0 Å². The van der Waals surface area contributed by atoms with Gasteiger partial charge in [-0.1, -0.05) is 32.5 Å². The minimum Gasteiger partial charge on any atom is -0.374 e. The topological polar surface area (TPSA) is 36.9 Å². The van der Waals surface area contributed by atoms with E-state index in [0.717, 1.165) is 31.4 Å². The van der Waals surface area contributed by atoms with E-state index in [1.54, 1.807) is 0 Å². The Balaban J connectivity index is 1.85. The molecule has 110 valence electrons. The molecule has 19 heavy (non-hydrogen) atoms. The summed E-state index contributed by atoms with van der Waals surface area (Å²) >= 11 is 1.84. The van der Waals surface area contributed by atoms with Gasteiger partial charge in [-0.3, -0.25) is 4.99 Å². The third kappa shape index (κ3) is 4.65. The van der Waals surface area contributed by atoms with Gasteiger partial charge in [-0.25, -0.2) is 0 Å². The fourth-order valence-electron chi connectivity index (χ4n) is 2.44. The molecule has 0 radical (unpaired) electrons. The van der Waals surface area contributed by atoms with Crippen molar-refractivity contribution < 1.29 is 4.74 Å². The summed E-state index contributed by atoms with van der Waals surface area (Å²) in [6.45, 7) is 10.5. The minimum atomic E-state index is 0.253. The first-order valence-electron chi connectivity index (χ1n) is 7.19. The summed E-state index contributed by atoms with van der Waals surface area (Å²) in [5, 5.41) is 4.69. The molecule has 2 saturated heterocycles. The molecule has 2 aliphatic rings. The number of hydrogen-bond acceptors (Lipinski definition) is 4. The number of rotatable bonds is 2. The van der Waals surface area contributed by atoms with Crippen LogP contribution in [0.25, 0.3) is 0 Å². The van der Waals surface area contributed by atoms with Gasteiger partial charge in [-0.05, 0) is 18.9 Å². The number of aliphatic imine (C=N–C) groups is 1. The summed E-state index contributed by atoms with van der Waals surface area (Å²) in [5.41, 5.74) is 0.295. The molecule has 1 N–H and O–H groups in total. The Kier molecular flexibility index (Phi) is 5.15. The lowest BCUT2D eigenvalue weighted by Crippen LogP contribution is -2.46. The Bertz CT molecular complexity index is 327. The SMILES string of the molecule is CN1CCOC(CN=C2NC(C(C)(C)C)CCS2)C1. The maximum Gasteiger partial charge on any atom is 0.156 e. The van der Waals surface area contributed by atoms with Gasteiger partial charge in [0.25, 0.3) is 0 Å². The molecule has 0 aromatic heterocycles. The van der Waals surface area contributed by atoms with Gasteiger partial charge in [-0.2, -0.15) is 0 Å². The summed E-state index contributed by atoms with van der Waals surface area (Å²) in [6, 6.07) is 0.530. The van der Waals surface area contributed by atoms with Crippen molar-refractivity contribution in [1.29, 1.82) is 0 Å². The Morgan fingerprint density at radius 1 is 1.47 bits per heavy atom. The molecule has 0 saturated carbocycles. The van der Waals surface area contributed by atoms with Crippen LogP contribution in [-0.2, 0) is 4.74 Å². The fourth-order valence-corrected chi connectivity index (χ4v) is 3.38. The van der Waals surface area contributed by atoms with Crippen molar-refractivity contribution in [3.63, 3.8) is 0 Å². The fraction of sp³-hybridized carbons (Fsp3) is 0.929. The highest BCUT2D eigenvalue weighted by atomic mass is 32.2. The highest BCUT2D eigenvalue weighted by molar-refractivity contribution is 8.13. The van der Waals surface area contributed by atoms with Gasteiger partial charge in [-0.15, -0.1) is 0 Å². The second-order valence-electron chi connectivity index (χ2n) is 6.60. The second kappa shape index (κ2) is 6.46. The highest BCUT2D eigenvalue weighted by Crippen LogP contribution is 2.27. The third-order valence-corrected chi connectivity index (χ3v) is 4.73. The van der Waals surface area contributed by atoms with Crippen LogP contribution in [-0.4, -0.2) is 61.3 Å². The van der Waals surface area contributed by atoms with Crippen molar-refractivity contribution in [3.8, 4) is 0 Å². The van der Waals surface area contributed by atoms with Crippen LogP contribution < -0.4 is 5.32 Å². The van der Waals surface area contributed by atoms with E-state index in [4.69, 9.17) is 9.73 Å². The lowest BCUT2D eigenvalue weighted by atomic mass is 9.85. The first kappa shape index (κ1) is 15.1. The molecule has 2 fully saturated rings. The maximum absolute atomic E-state index is 5.75. The van der Waals surface area contributed by atoms with Crippen LogP contribution in [0.4, 0.5) is 0 Å². The van der Waals surface area contributed by atoms with E-state index in [1.807, 2.05) is 11.8 Å². The number of nitrogens with zero attached hydrogens (tertiary/aromatic N) is 2. The largest absolute Gasteiger partial charge is 0.374 e. The van der Waals surface area contributed by atoms with Crippen LogP contribution >= 0.6 is 11.8 Å². The second-order valence-corrected chi connectivity index (χ2v) is 7.68. The zero-order valence-corrected chi connectivity index (χ0v) is 13.4. The predicted molar refractivity (Wildman–Crippen MR) is 83.0 cm³/mol. The molecule has 2 unspecified atom stereocenters. The molecule has 4 nitrogen and oxygen atoms in total. The van der Waals surface area contributed by atoms with Crippen molar-refractivity contribution >= 4 is 16.9 Å². The van der Waals surface area contributed by atoms with Gasteiger partial charge < -0.3 is 15.0 Å². The Labute approximate surface area is 121 Å². The smallest absolute Gasteiger partial charge is 0.156 e. The predicted octanol–water partition coefficient (Wildman–Crippen LogP) is 1.81. The summed E-state index contributed by atoms with van der Waals surface area (Å²) in [6.07, 6.45) is 1.47. The van der Waals surface area contributed by atoms with Crippen molar-refractivity contribution in [1.82, 2.24) is 10.2 Å². The summed E-state index contributed by atoms with van der Waals surface area (Å²) in [7, 11) is 2.14. The number of thioether (sulfide) groups is 1. The Hall–Kier alpha value is -0.260. The number of nitrogens with one attached hydrogen (secondary N) is 1. The normalized spacial score (nSPS) is 32.3. The lowest BCUT2D eigenvalue weighted by molar-refractivity contribution is -0.0136. The van der Waals surface area contributed by atoms with Crippen LogP contribution in [0.3, 0.4) is 0 Å². The van der Waals surface area contributed by atoms with Gasteiger partial charge in [0, 0.05) is 24.9 Å². The quantitative estimate of drug-likeness (QED) is 0.839. The molecular weight excluding hydrogens is 258 g/mol. The Morgan fingerprint density at radius 3 is 2.95 bits per heavy atom. The standard InChI is InChI=1S/C14H27N3OS/c1-14(2,3)12-5-8-19-13(16-12)15-9-11-10-17(4)6-7-18-11/h11-12H,5-10H2,1-4H3,(H,15,16). The molecule has 0 aromatic carbocycles. The highest BCUT2D eigenvalue weighted by Gasteiger charge is 2.28. The number of amidine groups is 1. The number of hydrogen-bond donors (Lipinski definition) is 1. The van der Waals surface area contributed by atoms with Crippen LogP contribution in [0.5, 0.6) is 0 Å². The molecule has 0 amide bonds. The molecule has 2 atom stereocenters. The average molecular weight is 285 g/mol.